The minimum absolute atomic E-state index is 0.277. The standard InChI is InChI=1S/C29H55BrO2Si/c1-22(21-32-33(8,9)27(2,3)4)25-17-18-26-23(20-30)15-16-24(29(25,26)7)14-12-10-11-13-19-28(5,6)31/h20,22,24-26,31H,10-19,21H2,1-9H3/b23-20+/t22-,24-,25-,26+,29-/m1/s1. The molecule has 4 heteroatoms. The maximum absolute atomic E-state index is 9.97. The van der Waals surface area contributed by atoms with Crippen LogP contribution in [0.3, 0.4) is 0 Å². The van der Waals surface area contributed by atoms with Crippen molar-refractivity contribution in [1.82, 2.24) is 0 Å². The summed E-state index contributed by atoms with van der Waals surface area (Å²) in [4.78, 5) is 2.27. The third-order valence-corrected chi connectivity index (χ3v) is 14.9. The van der Waals surface area contributed by atoms with Crippen molar-refractivity contribution >= 4 is 24.2 Å². The molecule has 2 rings (SSSR count). The fraction of sp³-hybridized carbons (Fsp3) is 0.931. The minimum atomic E-state index is -1.71. The van der Waals surface area contributed by atoms with E-state index < -0.39 is 13.9 Å². The van der Waals surface area contributed by atoms with Gasteiger partial charge in [-0.05, 0) is 105 Å². The predicted molar refractivity (Wildman–Crippen MR) is 150 cm³/mol. The van der Waals surface area contributed by atoms with Gasteiger partial charge >= 0.3 is 0 Å². The van der Waals surface area contributed by atoms with Crippen LogP contribution in [0.5, 0.6) is 0 Å². The monoisotopic (exact) mass is 542 g/mol. The topological polar surface area (TPSA) is 29.5 Å². The van der Waals surface area contributed by atoms with Gasteiger partial charge in [0.2, 0.25) is 0 Å². The van der Waals surface area contributed by atoms with E-state index in [0.29, 0.717) is 11.3 Å². The smallest absolute Gasteiger partial charge is 0.191 e. The largest absolute Gasteiger partial charge is 0.417 e. The molecule has 2 fully saturated rings. The predicted octanol–water partition coefficient (Wildman–Crippen LogP) is 9.48. The number of allylic oxidation sites excluding steroid dienone is 1. The summed E-state index contributed by atoms with van der Waals surface area (Å²) in [5.41, 5.74) is 1.56. The molecular weight excluding hydrogens is 488 g/mol. The van der Waals surface area contributed by atoms with Gasteiger partial charge in [-0.3, -0.25) is 0 Å². The number of fused-ring (bicyclic) bond motifs is 1. The van der Waals surface area contributed by atoms with Crippen LogP contribution < -0.4 is 0 Å². The Labute approximate surface area is 216 Å². The highest BCUT2D eigenvalue weighted by Crippen LogP contribution is 2.63. The highest BCUT2D eigenvalue weighted by Gasteiger charge is 2.55. The molecule has 5 atom stereocenters. The Kier molecular flexibility index (Phi) is 10.4. The molecule has 0 unspecified atom stereocenters. The molecule has 194 valence electrons. The fourth-order valence-electron chi connectivity index (χ4n) is 6.68. The van der Waals surface area contributed by atoms with E-state index >= 15 is 0 Å². The molecule has 33 heavy (non-hydrogen) atoms. The summed E-state index contributed by atoms with van der Waals surface area (Å²) in [6.07, 6.45) is 12.7. The maximum Gasteiger partial charge on any atom is 0.191 e. The first kappa shape index (κ1) is 29.6. The zero-order chi connectivity index (χ0) is 25.1. The second-order valence-electron chi connectivity index (χ2n) is 13.8. The van der Waals surface area contributed by atoms with Crippen LogP contribution in [-0.2, 0) is 4.43 Å². The van der Waals surface area contributed by atoms with Crippen molar-refractivity contribution in [3.05, 3.63) is 10.6 Å². The Hall–Kier alpha value is 0.357. The van der Waals surface area contributed by atoms with Gasteiger partial charge in [-0.2, -0.15) is 0 Å². The van der Waals surface area contributed by atoms with Gasteiger partial charge in [0.05, 0.1) is 5.60 Å². The van der Waals surface area contributed by atoms with E-state index in [2.05, 4.69) is 68.6 Å². The van der Waals surface area contributed by atoms with E-state index in [0.717, 1.165) is 37.2 Å². The quantitative estimate of drug-likeness (QED) is 0.208. The van der Waals surface area contributed by atoms with Gasteiger partial charge in [-0.25, -0.2) is 0 Å². The van der Waals surface area contributed by atoms with Gasteiger partial charge in [0, 0.05) is 6.61 Å². The highest BCUT2D eigenvalue weighted by molar-refractivity contribution is 9.11. The van der Waals surface area contributed by atoms with E-state index in [4.69, 9.17) is 4.43 Å². The molecule has 0 aromatic heterocycles. The van der Waals surface area contributed by atoms with Crippen LogP contribution in [-0.4, -0.2) is 25.6 Å². The molecule has 0 radical (unpaired) electrons. The second-order valence-corrected chi connectivity index (χ2v) is 19.1. The summed E-state index contributed by atoms with van der Waals surface area (Å²) in [6.45, 7) is 21.8. The van der Waals surface area contributed by atoms with E-state index in [1.807, 2.05) is 13.8 Å². The second kappa shape index (κ2) is 11.6. The molecule has 0 heterocycles. The Morgan fingerprint density at radius 1 is 1.09 bits per heavy atom. The number of hydrogen-bond acceptors (Lipinski definition) is 2. The molecule has 0 spiro atoms. The molecule has 0 aromatic rings. The van der Waals surface area contributed by atoms with E-state index in [1.54, 1.807) is 5.57 Å². The molecule has 2 aliphatic rings. The van der Waals surface area contributed by atoms with Gasteiger partial charge in [0.15, 0.2) is 8.32 Å². The first-order valence-corrected chi connectivity index (χ1v) is 17.6. The lowest BCUT2D eigenvalue weighted by atomic mass is 9.55. The Morgan fingerprint density at radius 3 is 2.30 bits per heavy atom. The first-order valence-electron chi connectivity index (χ1n) is 13.8. The van der Waals surface area contributed by atoms with Crippen molar-refractivity contribution in [2.75, 3.05) is 6.61 Å². The average molecular weight is 544 g/mol. The van der Waals surface area contributed by atoms with Gasteiger partial charge in [0.1, 0.15) is 0 Å². The number of rotatable bonds is 11. The van der Waals surface area contributed by atoms with Crippen LogP contribution in [0.2, 0.25) is 18.1 Å². The van der Waals surface area contributed by atoms with Crippen LogP contribution in [0.1, 0.15) is 113 Å². The average Bonchev–Trinajstić information content (AvgIpc) is 3.05. The molecule has 0 saturated heterocycles. The van der Waals surface area contributed by atoms with Crippen LogP contribution >= 0.6 is 15.9 Å². The number of halogens is 1. The van der Waals surface area contributed by atoms with Crippen molar-refractivity contribution in [3.8, 4) is 0 Å². The summed E-state index contributed by atoms with van der Waals surface area (Å²) in [6, 6.07) is 0. The van der Waals surface area contributed by atoms with E-state index in [1.165, 1.54) is 51.4 Å². The lowest BCUT2D eigenvalue weighted by Crippen LogP contribution is -2.46. The van der Waals surface area contributed by atoms with Crippen molar-refractivity contribution in [3.63, 3.8) is 0 Å². The van der Waals surface area contributed by atoms with Crippen LogP contribution in [0.4, 0.5) is 0 Å². The van der Waals surface area contributed by atoms with Crippen molar-refractivity contribution in [2.24, 2.45) is 29.1 Å². The summed E-state index contributed by atoms with van der Waals surface area (Å²) < 4.78 is 6.73. The highest BCUT2D eigenvalue weighted by atomic mass is 79.9. The van der Waals surface area contributed by atoms with Crippen LogP contribution in [0.15, 0.2) is 10.6 Å². The Bertz CT molecular complexity index is 645. The molecule has 0 bridgehead atoms. The Balaban J connectivity index is 2.03. The molecular formula is C29H55BrO2Si. The molecule has 2 nitrogen and oxygen atoms in total. The van der Waals surface area contributed by atoms with Gasteiger partial charge < -0.3 is 9.53 Å². The Morgan fingerprint density at radius 2 is 1.73 bits per heavy atom. The van der Waals surface area contributed by atoms with Crippen LogP contribution in [0.25, 0.3) is 0 Å². The molecule has 0 aliphatic heterocycles. The normalized spacial score (nSPS) is 31.1. The number of unbranched alkanes of at least 4 members (excludes halogenated alkanes) is 3. The molecule has 2 aliphatic carbocycles. The lowest BCUT2D eigenvalue weighted by molar-refractivity contribution is 0.0106. The number of hydrogen-bond donors (Lipinski definition) is 1. The third-order valence-electron chi connectivity index (χ3n) is 9.86. The van der Waals surface area contributed by atoms with Crippen LogP contribution in [0, 0.1) is 29.1 Å². The lowest BCUT2D eigenvalue weighted by Gasteiger charge is -2.50. The molecule has 2 saturated carbocycles. The van der Waals surface area contributed by atoms with Gasteiger partial charge in [-0.1, -0.05) is 81.8 Å². The summed E-state index contributed by atoms with van der Waals surface area (Å²) in [5, 5.41) is 10.2. The molecule has 0 amide bonds. The maximum atomic E-state index is 9.97. The first-order chi connectivity index (χ1) is 15.1. The third kappa shape index (κ3) is 7.43. The zero-order valence-corrected chi connectivity index (χ0v) is 26.0. The summed E-state index contributed by atoms with van der Waals surface area (Å²) in [5.74, 6) is 2.95. The summed E-state index contributed by atoms with van der Waals surface area (Å²) in [7, 11) is -1.71. The van der Waals surface area contributed by atoms with E-state index in [-0.39, 0.29) is 5.04 Å². The summed E-state index contributed by atoms with van der Waals surface area (Å²) >= 11 is 3.72. The molecule has 1 N–H and O–H groups in total. The van der Waals surface area contributed by atoms with Crippen molar-refractivity contribution < 1.29 is 9.53 Å². The SMILES string of the molecule is C[C@H](CO[Si](C)(C)C(C)(C)C)[C@H]1CC[C@H]2/C(=C/Br)CC[C@@H](CCCCCCC(C)(C)O)[C@]12C. The van der Waals surface area contributed by atoms with Crippen molar-refractivity contribution in [2.45, 2.75) is 136 Å². The number of aliphatic hydroxyl groups is 1. The van der Waals surface area contributed by atoms with Gasteiger partial charge in [0.25, 0.3) is 0 Å². The minimum Gasteiger partial charge on any atom is -0.417 e. The fourth-order valence-corrected chi connectivity index (χ4v) is 8.34. The zero-order valence-electron chi connectivity index (χ0n) is 23.4. The van der Waals surface area contributed by atoms with Crippen molar-refractivity contribution in [1.29, 1.82) is 0 Å². The van der Waals surface area contributed by atoms with E-state index in [9.17, 15) is 5.11 Å². The molecule has 0 aromatic carbocycles. The van der Waals surface area contributed by atoms with Gasteiger partial charge in [-0.15, -0.1) is 0 Å².